The SMILES string of the molecule is CCn1c(SCC(=O)N2CCN(c3ccccc3)CC2)nnc1-c1cc2cc(Br)ccc2o1. The van der Waals surface area contributed by atoms with E-state index in [1.165, 1.54) is 17.4 Å². The second-order valence-electron chi connectivity index (χ2n) is 7.84. The molecule has 1 saturated heterocycles. The van der Waals surface area contributed by atoms with Gasteiger partial charge in [-0.25, -0.2) is 0 Å². The van der Waals surface area contributed by atoms with Gasteiger partial charge in [0.1, 0.15) is 5.58 Å². The van der Waals surface area contributed by atoms with E-state index in [1.807, 2.05) is 58.9 Å². The number of amides is 1. The van der Waals surface area contributed by atoms with Gasteiger partial charge in [-0.15, -0.1) is 10.2 Å². The van der Waals surface area contributed by atoms with Gasteiger partial charge in [-0.2, -0.15) is 0 Å². The van der Waals surface area contributed by atoms with Gasteiger partial charge in [-0.05, 0) is 43.3 Å². The Balaban J connectivity index is 1.23. The highest BCUT2D eigenvalue weighted by Gasteiger charge is 2.23. The molecule has 1 aliphatic heterocycles. The quantitative estimate of drug-likeness (QED) is 0.333. The number of furan rings is 1. The van der Waals surface area contributed by atoms with Crippen LogP contribution in [-0.4, -0.2) is 57.5 Å². The maximum atomic E-state index is 12.8. The highest BCUT2D eigenvalue weighted by atomic mass is 79.9. The van der Waals surface area contributed by atoms with Gasteiger partial charge >= 0.3 is 0 Å². The van der Waals surface area contributed by atoms with Crippen LogP contribution in [0, 0.1) is 0 Å². The minimum absolute atomic E-state index is 0.133. The largest absolute Gasteiger partial charge is 0.453 e. The van der Waals surface area contributed by atoms with Gasteiger partial charge in [0.15, 0.2) is 10.9 Å². The van der Waals surface area contributed by atoms with Crippen LogP contribution in [0.1, 0.15) is 6.92 Å². The Kier molecular flexibility index (Phi) is 6.41. The number of hydrogen-bond acceptors (Lipinski definition) is 6. The fourth-order valence-electron chi connectivity index (χ4n) is 4.06. The van der Waals surface area contributed by atoms with Crippen molar-refractivity contribution in [3.05, 3.63) is 59.1 Å². The average Bonchev–Trinajstić information content (AvgIpc) is 3.46. The molecule has 1 amide bonds. The van der Waals surface area contributed by atoms with Gasteiger partial charge in [0, 0.05) is 48.3 Å². The first-order chi connectivity index (χ1) is 16.1. The number of fused-ring (bicyclic) bond motifs is 1. The summed E-state index contributed by atoms with van der Waals surface area (Å²) >= 11 is 4.93. The van der Waals surface area contributed by atoms with Crippen molar-refractivity contribution in [2.45, 2.75) is 18.6 Å². The maximum absolute atomic E-state index is 12.8. The molecule has 5 rings (SSSR count). The Labute approximate surface area is 204 Å². The normalized spacial score (nSPS) is 14.2. The summed E-state index contributed by atoms with van der Waals surface area (Å²) in [5.41, 5.74) is 2.01. The summed E-state index contributed by atoms with van der Waals surface area (Å²) in [6.45, 7) is 5.88. The highest BCUT2D eigenvalue weighted by molar-refractivity contribution is 9.10. The number of piperazine rings is 1. The van der Waals surface area contributed by atoms with Crippen molar-refractivity contribution in [1.82, 2.24) is 19.7 Å². The fraction of sp³-hybridized carbons (Fsp3) is 0.292. The first-order valence-corrected chi connectivity index (χ1v) is 12.7. The van der Waals surface area contributed by atoms with E-state index in [0.717, 1.165) is 46.8 Å². The number of halogens is 1. The molecular weight excluding hydrogens is 502 g/mol. The minimum atomic E-state index is 0.133. The van der Waals surface area contributed by atoms with Gasteiger partial charge in [0.2, 0.25) is 11.7 Å². The molecule has 0 radical (unpaired) electrons. The summed E-state index contributed by atoms with van der Waals surface area (Å²) < 4.78 is 9.00. The fourth-order valence-corrected chi connectivity index (χ4v) is 5.34. The van der Waals surface area contributed by atoms with Crippen molar-refractivity contribution in [3.63, 3.8) is 0 Å². The summed E-state index contributed by atoms with van der Waals surface area (Å²) in [6, 6.07) is 18.2. The maximum Gasteiger partial charge on any atom is 0.233 e. The molecule has 0 bridgehead atoms. The number of anilines is 1. The molecule has 4 aromatic rings. The molecule has 0 spiro atoms. The summed E-state index contributed by atoms with van der Waals surface area (Å²) in [5, 5.41) is 10.4. The summed E-state index contributed by atoms with van der Waals surface area (Å²) in [5.74, 6) is 1.83. The van der Waals surface area contributed by atoms with Crippen LogP contribution in [0.2, 0.25) is 0 Å². The lowest BCUT2D eigenvalue weighted by atomic mass is 10.2. The Morgan fingerprint density at radius 3 is 2.61 bits per heavy atom. The highest BCUT2D eigenvalue weighted by Crippen LogP contribution is 2.31. The van der Waals surface area contributed by atoms with Gasteiger partial charge in [-0.1, -0.05) is 45.9 Å². The zero-order valence-electron chi connectivity index (χ0n) is 18.3. The van der Waals surface area contributed by atoms with Crippen LogP contribution in [0.3, 0.4) is 0 Å². The monoisotopic (exact) mass is 525 g/mol. The van der Waals surface area contributed by atoms with E-state index in [4.69, 9.17) is 4.42 Å². The van der Waals surface area contributed by atoms with Crippen molar-refractivity contribution >= 4 is 50.3 Å². The molecule has 170 valence electrons. The number of nitrogens with zero attached hydrogens (tertiary/aromatic N) is 5. The molecule has 7 nitrogen and oxygen atoms in total. The molecule has 2 aromatic carbocycles. The molecule has 0 saturated carbocycles. The Hall–Kier alpha value is -2.78. The lowest BCUT2D eigenvalue weighted by Gasteiger charge is -2.36. The van der Waals surface area contributed by atoms with Gasteiger partial charge in [0.05, 0.1) is 5.75 Å². The number of hydrogen-bond donors (Lipinski definition) is 0. The summed E-state index contributed by atoms with van der Waals surface area (Å²) in [6.07, 6.45) is 0. The van der Waals surface area contributed by atoms with E-state index in [9.17, 15) is 4.79 Å². The molecule has 2 aromatic heterocycles. The smallest absolute Gasteiger partial charge is 0.233 e. The van der Waals surface area contributed by atoms with Crippen LogP contribution in [0.4, 0.5) is 5.69 Å². The van der Waals surface area contributed by atoms with E-state index in [0.29, 0.717) is 23.9 Å². The van der Waals surface area contributed by atoms with E-state index >= 15 is 0 Å². The van der Waals surface area contributed by atoms with Crippen LogP contribution in [-0.2, 0) is 11.3 Å². The number of aromatic nitrogens is 3. The first kappa shape index (κ1) is 22.0. The van der Waals surface area contributed by atoms with Crippen LogP contribution in [0.5, 0.6) is 0 Å². The molecule has 0 atom stereocenters. The Bertz CT molecular complexity index is 1260. The Morgan fingerprint density at radius 1 is 1.06 bits per heavy atom. The summed E-state index contributed by atoms with van der Waals surface area (Å²) in [7, 11) is 0. The van der Waals surface area contributed by atoms with E-state index < -0.39 is 0 Å². The molecule has 1 fully saturated rings. The molecule has 1 aliphatic rings. The van der Waals surface area contributed by atoms with Crippen LogP contribution in [0.15, 0.2) is 68.6 Å². The van der Waals surface area contributed by atoms with Crippen molar-refractivity contribution in [2.24, 2.45) is 0 Å². The second-order valence-corrected chi connectivity index (χ2v) is 9.69. The van der Waals surface area contributed by atoms with Crippen LogP contribution in [0.25, 0.3) is 22.6 Å². The van der Waals surface area contributed by atoms with E-state index in [2.05, 4.69) is 43.2 Å². The number of carbonyl (C=O) groups excluding carboxylic acids is 1. The third kappa shape index (κ3) is 4.65. The van der Waals surface area contributed by atoms with Crippen molar-refractivity contribution in [3.8, 4) is 11.6 Å². The van der Waals surface area contributed by atoms with Gasteiger partial charge in [0.25, 0.3) is 0 Å². The number of para-hydroxylation sites is 1. The zero-order chi connectivity index (χ0) is 22.8. The first-order valence-electron chi connectivity index (χ1n) is 11.0. The van der Waals surface area contributed by atoms with Crippen LogP contribution >= 0.6 is 27.7 Å². The van der Waals surface area contributed by atoms with E-state index in [-0.39, 0.29) is 5.91 Å². The predicted octanol–water partition coefficient (Wildman–Crippen LogP) is 4.91. The number of thioether (sulfide) groups is 1. The van der Waals surface area contributed by atoms with Crippen molar-refractivity contribution in [1.29, 1.82) is 0 Å². The summed E-state index contributed by atoms with van der Waals surface area (Å²) in [4.78, 5) is 17.1. The molecule has 0 N–H and O–H groups in total. The minimum Gasteiger partial charge on any atom is -0.453 e. The topological polar surface area (TPSA) is 67.4 Å². The third-order valence-electron chi connectivity index (χ3n) is 5.81. The lowest BCUT2D eigenvalue weighted by molar-refractivity contribution is -0.128. The predicted molar refractivity (Wildman–Crippen MR) is 135 cm³/mol. The number of benzene rings is 2. The number of carbonyl (C=O) groups is 1. The average molecular weight is 526 g/mol. The molecule has 9 heteroatoms. The van der Waals surface area contributed by atoms with E-state index in [1.54, 1.807) is 0 Å². The molecular formula is C24H24BrN5O2S. The van der Waals surface area contributed by atoms with Gasteiger partial charge < -0.3 is 14.2 Å². The molecule has 0 unspecified atom stereocenters. The van der Waals surface area contributed by atoms with Crippen molar-refractivity contribution < 1.29 is 9.21 Å². The van der Waals surface area contributed by atoms with Crippen LogP contribution < -0.4 is 4.90 Å². The van der Waals surface area contributed by atoms with Crippen molar-refractivity contribution in [2.75, 3.05) is 36.8 Å². The van der Waals surface area contributed by atoms with Gasteiger partial charge in [-0.3, -0.25) is 9.36 Å². The molecule has 33 heavy (non-hydrogen) atoms. The second kappa shape index (κ2) is 9.61. The third-order valence-corrected chi connectivity index (χ3v) is 7.26. The zero-order valence-corrected chi connectivity index (χ0v) is 20.7. The molecule has 3 heterocycles. The Morgan fingerprint density at radius 2 is 1.85 bits per heavy atom. The standard InChI is InChI=1S/C24H24BrN5O2S/c1-2-30-23(21-15-17-14-18(25)8-9-20(17)32-21)26-27-24(30)33-16-22(31)29-12-10-28(11-13-29)19-6-4-3-5-7-19/h3-9,14-15H,2,10-13,16H2,1H3. The number of rotatable bonds is 6. The lowest BCUT2D eigenvalue weighted by Crippen LogP contribution is -2.49. The molecule has 0 aliphatic carbocycles.